The molecule has 0 saturated heterocycles. The molecule has 33 heavy (non-hydrogen) atoms. The second-order valence-electron chi connectivity index (χ2n) is 8.43. The molecule has 7 heteroatoms. The van der Waals surface area contributed by atoms with Gasteiger partial charge in [-0.25, -0.2) is 0 Å². The summed E-state index contributed by atoms with van der Waals surface area (Å²) in [5.41, 5.74) is 0.139. The fourth-order valence-corrected chi connectivity index (χ4v) is 4.68. The molecule has 0 fully saturated rings. The molecule has 1 N–H and O–H groups in total. The zero-order chi connectivity index (χ0) is 23.2. The van der Waals surface area contributed by atoms with Gasteiger partial charge in [-0.3, -0.25) is 4.55 Å². The largest absolute Gasteiger partial charge is 1.00 e. The molecule has 0 unspecified atom stereocenters. The van der Waals surface area contributed by atoms with E-state index in [-0.39, 0.29) is 67.6 Å². The van der Waals surface area contributed by atoms with Gasteiger partial charge in [-0.2, -0.15) is 8.42 Å². The van der Waals surface area contributed by atoms with Crippen LogP contribution < -0.4 is 61.2 Å². The Morgan fingerprint density at radius 2 is 1.30 bits per heavy atom. The topological polar surface area (TPSA) is 86.7 Å². The summed E-state index contributed by atoms with van der Waals surface area (Å²) in [5.74, 6) is 0.170. The first-order valence-electron chi connectivity index (χ1n) is 12.0. The number of hydrogen-bond acceptors (Lipinski definition) is 4. The molecule has 5 nitrogen and oxygen atoms in total. The van der Waals surface area contributed by atoms with Crippen LogP contribution in [0.15, 0.2) is 47.4 Å². The van der Waals surface area contributed by atoms with Crippen LogP contribution in [0.4, 0.5) is 0 Å². The first kappa shape index (κ1) is 30.6. The van der Waals surface area contributed by atoms with Crippen molar-refractivity contribution < 1.29 is 74.2 Å². The molecule has 0 aliphatic carbocycles. The van der Waals surface area contributed by atoms with E-state index in [0.29, 0.717) is 18.6 Å². The SMILES string of the molecule is CCCCCCCCCCCCCCc1c([O-])cc(Oc2ccccc2)cc1S(=O)(=O)O.[K+]. The van der Waals surface area contributed by atoms with Crippen molar-refractivity contribution in [3.63, 3.8) is 0 Å². The maximum atomic E-state index is 12.6. The summed E-state index contributed by atoms with van der Waals surface area (Å²) in [6, 6.07) is 11.3. The van der Waals surface area contributed by atoms with E-state index < -0.39 is 15.9 Å². The average molecular weight is 501 g/mol. The minimum absolute atomic E-state index is 0. The van der Waals surface area contributed by atoms with E-state index in [4.69, 9.17) is 4.74 Å². The van der Waals surface area contributed by atoms with Crippen LogP contribution >= 0.6 is 0 Å². The number of ether oxygens (including phenoxy) is 1. The summed E-state index contributed by atoms with van der Waals surface area (Å²) >= 11 is 0. The predicted molar refractivity (Wildman–Crippen MR) is 127 cm³/mol. The van der Waals surface area contributed by atoms with Gasteiger partial charge in [0.1, 0.15) is 16.4 Å². The van der Waals surface area contributed by atoms with Crippen LogP contribution in [0.2, 0.25) is 0 Å². The molecular weight excluding hydrogens is 463 g/mol. The van der Waals surface area contributed by atoms with Crippen LogP contribution in [0.5, 0.6) is 17.2 Å². The van der Waals surface area contributed by atoms with Gasteiger partial charge in [0.15, 0.2) is 0 Å². The molecule has 0 radical (unpaired) electrons. The van der Waals surface area contributed by atoms with E-state index in [1.807, 2.05) is 6.07 Å². The maximum absolute atomic E-state index is 12.6. The molecule has 0 spiro atoms. The molecule has 0 amide bonds. The molecule has 0 aliphatic rings. The molecular formula is C26H37KO5S. The fraction of sp³-hybridized carbons (Fsp3) is 0.538. The van der Waals surface area contributed by atoms with Crippen LogP contribution in [-0.4, -0.2) is 13.0 Å². The third-order valence-electron chi connectivity index (χ3n) is 5.68. The summed E-state index contributed by atoms with van der Waals surface area (Å²) in [6.45, 7) is 2.23. The second kappa shape index (κ2) is 17.1. The molecule has 0 aromatic heterocycles. The van der Waals surface area contributed by atoms with Gasteiger partial charge in [0.05, 0.1) is 0 Å². The Bertz CT molecular complexity index is 900. The smallest absolute Gasteiger partial charge is 0.872 e. The van der Waals surface area contributed by atoms with E-state index in [2.05, 4.69) is 6.92 Å². The predicted octanol–water partition coefficient (Wildman–Crippen LogP) is 4.05. The first-order valence-corrected chi connectivity index (χ1v) is 13.4. The molecule has 2 rings (SSSR count). The minimum atomic E-state index is -4.52. The number of para-hydroxylation sites is 1. The summed E-state index contributed by atoms with van der Waals surface area (Å²) in [5, 5.41) is 12.6. The Labute approximate surface area is 242 Å². The molecule has 0 aliphatic heterocycles. The third kappa shape index (κ3) is 12.2. The fourth-order valence-electron chi connectivity index (χ4n) is 3.90. The summed E-state index contributed by atoms with van der Waals surface area (Å²) in [6.07, 6.45) is 14.7. The third-order valence-corrected chi connectivity index (χ3v) is 6.60. The Morgan fingerprint density at radius 3 is 1.82 bits per heavy atom. The van der Waals surface area contributed by atoms with Gasteiger partial charge in [-0.1, -0.05) is 95.8 Å². The number of hydrogen-bond donors (Lipinski definition) is 1. The van der Waals surface area contributed by atoms with Gasteiger partial charge in [0.2, 0.25) is 0 Å². The summed E-state index contributed by atoms with van der Waals surface area (Å²) < 4.78 is 39.0. The number of benzene rings is 2. The zero-order valence-electron chi connectivity index (χ0n) is 20.2. The second-order valence-corrected chi connectivity index (χ2v) is 9.82. The van der Waals surface area contributed by atoms with E-state index in [1.165, 1.54) is 63.5 Å². The molecule has 0 heterocycles. The quantitative estimate of drug-likeness (QED) is 0.213. The Hall–Kier alpha value is -0.414. The van der Waals surface area contributed by atoms with E-state index in [0.717, 1.165) is 19.3 Å². The van der Waals surface area contributed by atoms with Gasteiger partial charge >= 0.3 is 51.4 Å². The standard InChI is InChI=1S/C26H38O5S.K/c1-2-3-4-5-6-7-8-9-10-11-12-16-19-24-25(27)20-23(21-26(24)32(28,29)30)31-22-17-14-13-15-18-22;/h13-15,17-18,20-21,27H,2-12,16,19H2,1H3,(H,28,29,30);/q;+1/p-1. The van der Waals surface area contributed by atoms with Crippen molar-refractivity contribution in [3.8, 4) is 17.2 Å². The Morgan fingerprint density at radius 1 is 0.788 bits per heavy atom. The van der Waals surface area contributed by atoms with Crippen molar-refractivity contribution >= 4 is 10.1 Å². The molecule has 0 atom stereocenters. The number of unbranched alkanes of at least 4 members (excludes halogenated alkanes) is 11. The van der Waals surface area contributed by atoms with Crippen LogP contribution in [0.1, 0.15) is 89.5 Å². The Kier molecular flexibility index (Phi) is 15.9. The first-order chi connectivity index (χ1) is 15.4. The molecule has 2 aromatic carbocycles. The van der Waals surface area contributed by atoms with Crippen LogP contribution in [0.25, 0.3) is 0 Å². The normalized spacial score (nSPS) is 11.2. The van der Waals surface area contributed by atoms with E-state index >= 15 is 0 Å². The van der Waals surface area contributed by atoms with Crippen molar-refractivity contribution in [2.75, 3.05) is 0 Å². The van der Waals surface area contributed by atoms with Crippen molar-refractivity contribution in [2.45, 2.75) is 95.3 Å². The van der Waals surface area contributed by atoms with Gasteiger partial charge in [0.25, 0.3) is 10.1 Å². The molecule has 2 aromatic rings. The average Bonchev–Trinajstić information content (AvgIpc) is 2.75. The van der Waals surface area contributed by atoms with Gasteiger partial charge in [-0.05, 0) is 36.6 Å². The molecule has 0 bridgehead atoms. The van der Waals surface area contributed by atoms with Crippen molar-refractivity contribution in [1.29, 1.82) is 0 Å². The van der Waals surface area contributed by atoms with E-state index in [1.54, 1.807) is 24.3 Å². The minimum Gasteiger partial charge on any atom is -0.872 e. The summed E-state index contributed by atoms with van der Waals surface area (Å²) in [7, 11) is -4.52. The van der Waals surface area contributed by atoms with Gasteiger partial charge < -0.3 is 9.84 Å². The summed E-state index contributed by atoms with van der Waals surface area (Å²) in [4.78, 5) is -0.348. The van der Waals surface area contributed by atoms with Crippen LogP contribution in [-0.2, 0) is 16.5 Å². The van der Waals surface area contributed by atoms with Crippen LogP contribution in [0, 0.1) is 0 Å². The van der Waals surface area contributed by atoms with Gasteiger partial charge in [0, 0.05) is 6.07 Å². The van der Waals surface area contributed by atoms with E-state index in [9.17, 15) is 18.1 Å². The zero-order valence-corrected chi connectivity index (χ0v) is 24.2. The maximum Gasteiger partial charge on any atom is 1.00 e. The molecule has 178 valence electrons. The number of rotatable bonds is 16. The molecule has 0 saturated carbocycles. The monoisotopic (exact) mass is 500 g/mol. The Balaban J connectivity index is 0.00000544. The van der Waals surface area contributed by atoms with Crippen LogP contribution in [0.3, 0.4) is 0 Å². The van der Waals surface area contributed by atoms with Crippen molar-refractivity contribution in [2.24, 2.45) is 0 Å². The van der Waals surface area contributed by atoms with Gasteiger partial charge in [-0.15, -0.1) is 5.75 Å². The van der Waals surface area contributed by atoms with Crippen molar-refractivity contribution in [3.05, 3.63) is 48.0 Å². The van der Waals surface area contributed by atoms with Crippen molar-refractivity contribution in [1.82, 2.24) is 0 Å².